The third-order valence-corrected chi connectivity index (χ3v) is 5.61. The molecule has 0 unspecified atom stereocenters. The molecule has 2 fully saturated rings. The van der Waals surface area contributed by atoms with Crippen LogP contribution in [0, 0.1) is 11.8 Å². The monoisotopic (exact) mass is 341 g/mol. The summed E-state index contributed by atoms with van der Waals surface area (Å²) in [7, 11) is 1.94. The van der Waals surface area contributed by atoms with Crippen LogP contribution in [0.1, 0.15) is 23.2 Å². The predicted molar refractivity (Wildman–Crippen MR) is 92.8 cm³/mol. The number of carbonyl (C=O) groups excluding carboxylic acids is 1. The lowest BCUT2D eigenvalue weighted by Crippen LogP contribution is -2.38. The van der Waals surface area contributed by atoms with Gasteiger partial charge in [-0.1, -0.05) is 12.1 Å². The van der Waals surface area contributed by atoms with Crippen LogP contribution in [0.15, 0.2) is 36.7 Å². The second kappa shape index (κ2) is 6.28. The molecule has 1 saturated heterocycles. The summed E-state index contributed by atoms with van der Waals surface area (Å²) in [5, 5.41) is 19.7. The highest BCUT2D eigenvalue weighted by Crippen LogP contribution is 2.37. The molecular weight excluding hydrogens is 318 g/mol. The summed E-state index contributed by atoms with van der Waals surface area (Å²) >= 11 is 0. The molecule has 25 heavy (non-hydrogen) atoms. The molecule has 2 aliphatic rings. The molecule has 132 valence electrons. The number of hydrogen-bond acceptors (Lipinski definition) is 4. The first-order chi connectivity index (χ1) is 12.0. The molecule has 0 bridgehead atoms. The van der Waals surface area contributed by atoms with E-state index in [4.69, 9.17) is 0 Å². The first kappa shape index (κ1) is 16.3. The van der Waals surface area contributed by atoms with E-state index in [9.17, 15) is 15.0 Å². The molecule has 1 aliphatic heterocycles. The summed E-state index contributed by atoms with van der Waals surface area (Å²) in [5.74, 6) is 1.46. The van der Waals surface area contributed by atoms with E-state index >= 15 is 0 Å². The van der Waals surface area contributed by atoms with Gasteiger partial charge in [-0.2, -0.15) is 0 Å². The predicted octanol–water partition coefficient (Wildman–Crippen LogP) is 1.29. The Hall–Kier alpha value is -2.18. The number of nitrogens with zero attached hydrogens (tertiary/aromatic N) is 3. The fourth-order valence-corrected chi connectivity index (χ4v) is 4.16. The smallest absolute Gasteiger partial charge is 0.253 e. The number of imidazole rings is 1. The SMILES string of the molecule is Cn1ccnc1-c1ccc(C(=O)N2C[C@H]3C[C@H](O)[C@H](O)C[C@H]3C2)cc1. The highest BCUT2D eigenvalue weighted by atomic mass is 16.3. The van der Waals surface area contributed by atoms with E-state index in [0.29, 0.717) is 31.5 Å². The Kier molecular flexibility index (Phi) is 4.09. The van der Waals surface area contributed by atoms with Gasteiger partial charge in [0.05, 0.1) is 12.2 Å². The number of amides is 1. The Labute approximate surface area is 146 Å². The van der Waals surface area contributed by atoms with Crippen LogP contribution in [0.2, 0.25) is 0 Å². The summed E-state index contributed by atoms with van der Waals surface area (Å²) < 4.78 is 1.94. The molecular formula is C19H23N3O3. The van der Waals surface area contributed by atoms with Gasteiger partial charge in [-0.05, 0) is 36.8 Å². The van der Waals surface area contributed by atoms with Crippen LogP contribution in [0.25, 0.3) is 11.4 Å². The van der Waals surface area contributed by atoms with Crippen molar-refractivity contribution in [3.05, 3.63) is 42.2 Å². The van der Waals surface area contributed by atoms with Gasteiger partial charge in [-0.15, -0.1) is 0 Å². The minimum atomic E-state index is -0.659. The normalized spacial score (nSPS) is 28.8. The number of carbonyl (C=O) groups is 1. The Morgan fingerprint density at radius 2 is 1.68 bits per heavy atom. The van der Waals surface area contributed by atoms with Crippen LogP contribution >= 0.6 is 0 Å². The number of aliphatic hydroxyl groups is 2. The molecule has 0 radical (unpaired) electrons. The Balaban J connectivity index is 1.48. The number of aromatic nitrogens is 2. The van der Waals surface area contributed by atoms with Crippen molar-refractivity contribution in [2.45, 2.75) is 25.0 Å². The van der Waals surface area contributed by atoms with Crippen molar-refractivity contribution in [2.75, 3.05) is 13.1 Å². The molecule has 6 nitrogen and oxygen atoms in total. The van der Waals surface area contributed by atoms with Crippen LogP contribution in [-0.2, 0) is 7.05 Å². The fraction of sp³-hybridized carbons (Fsp3) is 0.474. The average molecular weight is 341 g/mol. The molecule has 1 aromatic heterocycles. The van der Waals surface area contributed by atoms with E-state index in [1.54, 1.807) is 6.20 Å². The van der Waals surface area contributed by atoms with E-state index in [0.717, 1.165) is 11.4 Å². The third kappa shape index (κ3) is 2.96. The van der Waals surface area contributed by atoms with Gasteiger partial charge < -0.3 is 19.7 Å². The van der Waals surface area contributed by atoms with E-state index < -0.39 is 12.2 Å². The first-order valence-corrected chi connectivity index (χ1v) is 8.76. The molecule has 0 spiro atoms. The van der Waals surface area contributed by atoms with Crippen molar-refractivity contribution >= 4 is 5.91 Å². The van der Waals surface area contributed by atoms with Crippen molar-refractivity contribution in [1.82, 2.24) is 14.5 Å². The number of hydrogen-bond donors (Lipinski definition) is 2. The molecule has 2 heterocycles. The standard InChI is InChI=1S/C19H23N3O3/c1-21-7-6-20-18(21)12-2-4-13(5-3-12)19(25)22-10-14-8-16(23)17(24)9-15(14)11-22/h2-7,14-17,23-24H,8-11H2,1H3/t14-,15+,16+,17-. The van der Waals surface area contributed by atoms with Gasteiger partial charge in [0.2, 0.25) is 0 Å². The van der Waals surface area contributed by atoms with Gasteiger partial charge in [0, 0.05) is 43.7 Å². The molecule has 1 amide bonds. The molecule has 1 aliphatic carbocycles. The van der Waals surface area contributed by atoms with Crippen LogP contribution in [-0.4, -0.2) is 55.9 Å². The Morgan fingerprint density at radius 3 is 2.20 bits per heavy atom. The molecule has 1 saturated carbocycles. The van der Waals surface area contributed by atoms with Crippen LogP contribution in [0.4, 0.5) is 0 Å². The van der Waals surface area contributed by atoms with Crippen molar-refractivity contribution < 1.29 is 15.0 Å². The topological polar surface area (TPSA) is 78.6 Å². The minimum Gasteiger partial charge on any atom is -0.390 e. The van der Waals surface area contributed by atoms with Crippen LogP contribution < -0.4 is 0 Å². The van der Waals surface area contributed by atoms with Crippen molar-refractivity contribution in [1.29, 1.82) is 0 Å². The molecule has 1 aromatic carbocycles. The summed E-state index contributed by atoms with van der Waals surface area (Å²) in [5.41, 5.74) is 1.64. The molecule has 2 N–H and O–H groups in total. The highest BCUT2D eigenvalue weighted by Gasteiger charge is 2.42. The average Bonchev–Trinajstić information content (AvgIpc) is 3.21. The van der Waals surface area contributed by atoms with E-state index in [-0.39, 0.29) is 17.7 Å². The van der Waals surface area contributed by atoms with Crippen molar-refractivity contribution in [2.24, 2.45) is 18.9 Å². The van der Waals surface area contributed by atoms with Gasteiger partial charge in [0.15, 0.2) is 0 Å². The van der Waals surface area contributed by atoms with Crippen molar-refractivity contribution in [3.8, 4) is 11.4 Å². The number of likely N-dealkylation sites (tertiary alicyclic amines) is 1. The number of fused-ring (bicyclic) bond motifs is 1. The zero-order valence-electron chi connectivity index (χ0n) is 14.2. The van der Waals surface area contributed by atoms with Crippen molar-refractivity contribution in [3.63, 3.8) is 0 Å². The molecule has 4 atom stereocenters. The van der Waals surface area contributed by atoms with E-state index in [1.165, 1.54) is 0 Å². The largest absolute Gasteiger partial charge is 0.390 e. The molecule has 2 aromatic rings. The summed E-state index contributed by atoms with van der Waals surface area (Å²) in [6.45, 7) is 1.32. The van der Waals surface area contributed by atoms with Gasteiger partial charge >= 0.3 is 0 Å². The van der Waals surface area contributed by atoms with E-state index in [1.807, 2.05) is 47.0 Å². The Bertz CT molecular complexity index is 752. The lowest BCUT2D eigenvalue weighted by Gasteiger charge is -2.31. The first-order valence-electron chi connectivity index (χ1n) is 8.76. The fourth-order valence-electron chi connectivity index (χ4n) is 4.16. The zero-order valence-corrected chi connectivity index (χ0v) is 14.2. The Morgan fingerprint density at radius 1 is 1.08 bits per heavy atom. The lowest BCUT2D eigenvalue weighted by atomic mass is 9.79. The highest BCUT2D eigenvalue weighted by molar-refractivity contribution is 5.94. The van der Waals surface area contributed by atoms with Crippen LogP contribution in [0.5, 0.6) is 0 Å². The molecule has 4 rings (SSSR count). The van der Waals surface area contributed by atoms with Crippen LogP contribution in [0.3, 0.4) is 0 Å². The quantitative estimate of drug-likeness (QED) is 0.863. The van der Waals surface area contributed by atoms with Gasteiger partial charge in [-0.3, -0.25) is 4.79 Å². The van der Waals surface area contributed by atoms with E-state index in [2.05, 4.69) is 4.98 Å². The van der Waals surface area contributed by atoms with Gasteiger partial charge in [0.1, 0.15) is 5.82 Å². The number of benzene rings is 1. The second-order valence-corrected chi connectivity index (χ2v) is 7.28. The second-order valence-electron chi connectivity index (χ2n) is 7.28. The minimum absolute atomic E-state index is 0.0183. The maximum absolute atomic E-state index is 12.8. The summed E-state index contributed by atoms with van der Waals surface area (Å²) in [4.78, 5) is 19.0. The molecule has 6 heteroatoms. The lowest BCUT2D eigenvalue weighted by molar-refractivity contribution is -0.0372. The number of aliphatic hydroxyl groups excluding tert-OH is 2. The number of rotatable bonds is 2. The maximum atomic E-state index is 12.8. The van der Waals surface area contributed by atoms with Gasteiger partial charge in [0.25, 0.3) is 5.91 Å². The zero-order chi connectivity index (χ0) is 17.6. The third-order valence-electron chi connectivity index (χ3n) is 5.61. The summed E-state index contributed by atoms with van der Waals surface area (Å²) in [6, 6.07) is 7.54. The summed E-state index contributed by atoms with van der Waals surface area (Å²) in [6.07, 6.45) is 3.48. The van der Waals surface area contributed by atoms with Gasteiger partial charge in [-0.25, -0.2) is 4.98 Å². The maximum Gasteiger partial charge on any atom is 0.253 e. The number of aryl methyl sites for hydroxylation is 1.